The molecule has 26 heavy (non-hydrogen) atoms. The van der Waals surface area contributed by atoms with Crippen LogP contribution in [0.2, 0.25) is 0 Å². The molecule has 2 aromatic rings. The molecule has 2 amide bonds. The number of hydrogen-bond acceptors (Lipinski definition) is 6. The SMILES string of the molecule is CC(=O)NC[C@H]1CN(c2ccc(-c3nnc(CCCl)s3)c(F)c2)C(=O)O1. The van der Waals surface area contributed by atoms with Crippen LogP contribution in [-0.2, 0) is 16.0 Å². The van der Waals surface area contributed by atoms with Crippen molar-refractivity contribution in [1.29, 1.82) is 0 Å². The molecule has 1 aliphatic heterocycles. The van der Waals surface area contributed by atoms with E-state index < -0.39 is 18.0 Å². The normalized spacial score (nSPS) is 16.7. The third-order valence-electron chi connectivity index (χ3n) is 3.72. The van der Waals surface area contributed by atoms with Gasteiger partial charge in [0.15, 0.2) is 5.01 Å². The Hall–Kier alpha value is -2.26. The second-order valence-electron chi connectivity index (χ2n) is 5.66. The number of rotatable bonds is 6. The van der Waals surface area contributed by atoms with E-state index in [0.717, 1.165) is 5.01 Å². The first kappa shape index (κ1) is 18.5. The molecule has 1 saturated heterocycles. The molecule has 7 nitrogen and oxygen atoms in total. The number of carbonyl (C=O) groups excluding carboxylic acids is 2. The van der Waals surface area contributed by atoms with Gasteiger partial charge in [-0.25, -0.2) is 9.18 Å². The van der Waals surface area contributed by atoms with Gasteiger partial charge in [0.25, 0.3) is 0 Å². The van der Waals surface area contributed by atoms with Crippen molar-refractivity contribution in [3.8, 4) is 10.6 Å². The van der Waals surface area contributed by atoms with Gasteiger partial charge in [0.05, 0.1) is 18.8 Å². The Morgan fingerprint density at radius 2 is 2.31 bits per heavy atom. The summed E-state index contributed by atoms with van der Waals surface area (Å²) >= 11 is 6.95. The minimum absolute atomic E-state index is 0.208. The summed E-state index contributed by atoms with van der Waals surface area (Å²) in [4.78, 5) is 24.3. The van der Waals surface area contributed by atoms with Gasteiger partial charge in [0.2, 0.25) is 5.91 Å². The second kappa shape index (κ2) is 7.96. The lowest BCUT2D eigenvalue weighted by atomic mass is 10.2. The highest BCUT2D eigenvalue weighted by Crippen LogP contribution is 2.30. The predicted octanol–water partition coefficient (Wildman–Crippen LogP) is 2.59. The van der Waals surface area contributed by atoms with E-state index in [-0.39, 0.29) is 19.0 Å². The number of aromatic nitrogens is 2. The van der Waals surface area contributed by atoms with Crippen molar-refractivity contribution >= 4 is 40.6 Å². The lowest BCUT2D eigenvalue weighted by Gasteiger charge is -2.14. The fraction of sp³-hybridized carbons (Fsp3) is 0.375. The molecule has 2 heterocycles. The van der Waals surface area contributed by atoms with Gasteiger partial charge in [-0.3, -0.25) is 9.69 Å². The topological polar surface area (TPSA) is 84.4 Å². The maximum atomic E-state index is 14.5. The largest absolute Gasteiger partial charge is 0.442 e. The van der Waals surface area contributed by atoms with Crippen molar-refractivity contribution in [2.24, 2.45) is 0 Å². The zero-order valence-corrected chi connectivity index (χ0v) is 15.4. The number of carbonyl (C=O) groups is 2. The smallest absolute Gasteiger partial charge is 0.414 e. The molecule has 1 atom stereocenters. The van der Waals surface area contributed by atoms with E-state index in [1.54, 1.807) is 12.1 Å². The molecule has 1 aromatic carbocycles. The molecular formula is C16H16ClFN4O3S. The summed E-state index contributed by atoms with van der Waals surface area (Å²) in [5.74, 6) is -0.290. The Bertz CT molecular complexity index is 832. The van der Waals surface area contributed by atoms with Gasteiger partial charge in [-0.2, -0.15) is 0 Å². The van der Waals surface area contributed by atoms with Crippen LogP contribution in [0.15, 0.2) is 18.2 Å². The first-order valence-corrected chi connectivity index (χ1v) is 9.24. The van der Waals surface area contributed by atoms with Crippen molar-refractivity contribution in [3.05, 3.63) is 29.0 Å². The number of anilines is 1. The van der Waals surface area contributed by atoms with Crippen LogP contribution in [-0.4, -0.2) is 47.3 Å². The molecule has 1 aliphatic rings. The Kier molecular flexibility index (Phi) is 5.67. The number of halogens is 2. The summed E-state index contributed by atoms with van der Waals surface area (Å²) in [7, 11) is 0. The van der Waals surface area contributed by atoms with Gasteiger partial charge in [-0.1, -0.05) is 11.3 Å². The third-order valence-corrected chi connectivity index (χ3v) is 4.93. The number of benzene rings is 1. The highest BCUT2D eigenvalue weighted by Gasteiger charge is 2.32. The Morgan fingerprint density at radius 3 is 3.00 bits per heavy atom. The monoisotopic (exact) mass is 398 g/mol. The van der Waals surface area contributed by atoms with Crippen LogP contribution in [0, 0.1) is 5.82 Å². The van der Waals surface area contributed by atoms with E-state index in [4.69, 9.17) is 16.3 Å². The Balaban J connectivity index is 1.74. The van der Waals surface area contributed by atoms with Crippen molar-refractivity contribution < 1.29 is 18.7 Å². The molecule has 0 bridgehead atoms. The molecule has 0 aliphatic carbocycles. The van der Waals surface area contributed by atoms with E-state index in [2.05, 4.69) is 15.5 Å². The zero-order chi connectivity index (χ0) is 18.7. The van der Waals surface area contributed by atoms with Gasteiger partial charge >= 0.3 is 6.09 Å². The summed E-state index contributed by atoms with van der Waals surface area (Å²) in [6.45, 7) is 1.83. The summed E-state index contributed by atoms with van der Waals surface area (Å²) in [5.41, 5.74) is 0.696. The first-order valence-electron chi connectivity index (χ1n) is 7.88. The minimum atomic E-state index is -0.576. The predicted molar refractivity (Wildman–Crippen MR) is 96.0 cm³/mol. The molecule has 1 fully saturated rings. The van der Waals surface area contributed by atoms with Crippen molar-refractivity contribution in [1.82, 2.24) is 15.5 Å². The van der Waals surface area contributed by atoms with Crippen LogP contribution in [0.25, 0.3) is 10.6 Å². The fourth-order valence-electron chi connectivity index (χ4n) is 2.49. The van der Waals surface area contributed by atoms with Crippen molar-refractivity contribution in [2.75, 3.05) is 23.9 Å². The van der Waals surface area contributed by atoms with Gasteiger partial charge in [-0.15, -0.1) is 21.8 Å². The number of nitrogens with zero attached hydrogens (tertiary/aromatic N) is 3. The first-order chi connectivity index (χ1) is 12.5. The summed E-state index contributed by atoms with van der Waals surface area (Å²) < 4.78 is 19.7. The highest BCUT2D eigenvalue weighted by atomic mass is 35.5. The van der Waals surface area contributed by atoms with Crippen LogP contribution < -0.4 is 10.2 Å². The fourth-order valence-corrected chi connectivity index (χ4v) is 3.64. The van der Waals surface area contributed by atoms with E-state index in [1.165, 1.54) is 29.2 Å². The average molecular weight is 399 g/mol. The Labute approximate surface area is 158 Å². The van der Waals surface area contributed by atoms with Crippen LogP contribution in [0.1, 0.15) is 11.9 Å². The summed E-state index contributed by atoms with van der Waals surface area (Å²) in [6, 6.07) is 4.45. The average Bonchev–Trinajstić information content (AvgIpc) is 3.20. The number of aryl methyl sites for hydroxylation is 1. The number of cyclic esters (lactones) is 1. The van der Waals surface area contributed by atoms with Gasteiger partial charge in [0.1, 0.15) is 16.9 Å². The lowest BCUT2D eigenvalue weighted by Crippen LogP contribution is -2.33. The molecule has 1 N–H and O–H groups in total. The molecule has 0 spiro atoms. The number of amides is 2. The van der Waals surface area contributed by atoms with Crippen LogP contribution in [0.3, 0.4) is 0 Å². The lowest BCUT2D eigenvalue weighted by molar-refractivity contribution is -0.119. The minimum Gasteiger partial charge on any atom is -0.442 e. The number of alkyl halides is 1. The Morgan fingerprint density at radius 1 is 1.50 bits per heavy atom. The molecule has 3 rings (SSSR count). The molecule has 0 saturated carbocycles. The van der Waals surface area contributed by atoms with E-state index in [1.807, 2.05) is 0 Å². The van der Waals surface area contributed by atoms with Gasteiger partial charge in [0, 0.05) is 24.8 Å². The van der Waals surface area contributed by atoms with Gasteiger partial charge in [-0.05, 0) is 18.2 Å². The van der Waals surface area contributed by atoms with Crippen LogP contribution in [0.4, 0.5) is 14.9 Å². The van der Waals surface area contributed by atoms with Gasteiger partial charge < -0.3 is 10.1 Å². The second-order valence-corrected chi connectivity index (χ2v) is 7.10. The van der Waals surface area contributed by atoms with E-state index in [9.17, 15) is 14.0 Å². The molecule has 0 radical (unpaired) electrons. The summed E-state index contributed by atoms with van der Waals surface area (Å²) in [6.07, 6.45) is -0.475. The number of hydrogen-bond donors (Lipinski definition) is 1. The van der Waals surface area contributed by atoms with Crippen molar-refractivity contribution in [3.63, 3.8) is 0 Å². The molecular weight excluding hydrogens is 383 g/mol. The highest BCUT2D eigenvalue weighted by molar-refractivity contribution is 7.14. The van der Waals surface area contributed by atoms with Crippen LogP contribution >= 0.6 is 22.9 Å². The van der Waals surface area contributed by atoms with E-state index >= 15 is 0 Å². The number of nitrogens with one attached hydrogen (secondary N) is 1. The quantitative estimate of drug-likeness (QED) is 0.756. The van der Waals surface area contributed by atoms with Crippen LogP contribution in [0.5, 0.6) is 0 Å². The van der Waals surface area contributed by atoms with Crippen molar-refractivity contribution in [2.45, 2.75) is 19.4 Å². The zero-order valence-electron chi connectivity index (χ0n) is 13.9. The van der Waals surface area contributed by atoms with E-state index in [0.29, 0.717) is 28.6 Å². The molecule has 1 aromatic heterocycles. The molecule has 138 valence electrons. The maximum Gasteiger partial charge on any atom is 0.414 e. The number of ether oxygens (including phenoxy) is 1. The maximum absolute atomic E-state index is 14.5. The third kappa shape index (κ3) is 4.10. The molecule has 10 heteroatoms. The summed E-state index contributed by atoms with van der Waals surface area (Å²) in [5, 5.41) is 11.8. The molecule has 0 unspecified atom stereocenters. The standard InChI is InChI=1S/C16H16ClFN4O3S/c1-9(23)19-7-11-8-22(16(24)25-11)10-2-3-12(13(18)6-10)15-21-20-14(26-15)4-5-17/h2-3,6,11H,4-5,7-8H2,1H3,(H,19,23)/t11-/m0/s1.